The van der Waals surface area contributed by atoms with E-state index in [-0.39, 0.29) is 12.0 Å². The molecule has 1 heterocycles. The zero-order chi connectivity index (χ0) is 12.5. The number of nitrogens with two attached hydrogens (primary N) is 1. The Hall–Kier alpha value is -0.610. The summed E-state index contributed by atoms with van der Waals surface area (Å²) in [5.74, 6) is 0.233. The minimum Gasteiger partial charge on any atom is -0.376 e. The number of carbonyl (C=O) groups excluding carboxylic acids is 1. The first-order valence-corrected chi connectivity index (χ1v) is 6.79. The summed E-state index contributed by atoms with van der Waals surface area (Å²) in [4.78, 5) is 13.6. The molecule has 0 bridgehead atoms. The second-order valence-corrected chi connectivity index (χ2v) is 4.86. The van der Waals surface area contributed by atoms with Gasteiger partial charge >= 0.3 is 0 Å². The maximum atomic E-state index is 11.8. The van der Waals surface area contributed by atoms with Gasteiger partial charge in [0.2, 0.25) is 5.91 Å². The fourth-order valence-electron chi connectivity index (χ4n) is 2.15. The molecule has 1 aliphatic rings. The molecule has 4 heteroatoms. The molecule has 1 saturated heterocycles. The van der Waals surface area contributed by atoms with Gasteiger partial charge in [-0.05, 0) is 38.6 Å². The summed E-state index contributed by atoms with van der Waals surface area (Å²) in [6.07, 6.45) is 7.39. The number of unbranched alkanes of at least 4 members (excludes halogenated alkanes) is 2. The Morgan fingerprint density at radius 3 is 2.82 bits per heavy atom. The van der Waals surface area contributed by atoms with Crippen LogP contribution in [0.4, 0.5) is 0 Å². The number of carbonyl (C=O) groups is 1. The molecular weight excluding hydrogens is 216 g/mol. The normalized spacial score (nSPS) is 20.2. The minimum atomic E-state index is 0.233. The Kier molecular flexibility index (Phi) is 7.21. The first kappa shape index (κ1) is 14.5. The van der Waals surface area contributed by atoms with E-state index in [4.69, 9.17) is 10.5 Å². The second-order valence-electron chi connectivity index (χ2n) is 4.86. The first-order chi connectivity index (χ1) is 8.24. The van der Waals surface area contributed by atoms with Gasteiger partial charge < -0.3 is 15.4 Å². The highest BCUT2D eigenvalue weighted by Crippen LogP contribution is 2.14. The van der Waals surface area contributed by atoms with E-state index in [1.54, 1.807) is 0 Å². The molecule has 0 aromatic carbocycles. The third kappa shape index (κ3) is 6.03. The van der Waals surface area contributed by atoms with Gasteiger partial charge in [0.1, 0.15) is 0 Å². The van der Waals surface area contributed by atoms with E-state index in [9.17, 15) is 4.79 Å². The van der Waals surface area contributed by atoms with Crippen molar-refractivity contribution in [3.63, 3.8) is 0 Å². The standard InChI is InChI=1S/C13H26N2O2/c1-15(11-12-7-4-6-10-17-12)13(16)8-3-2-5-9-14/h12H,2-11,14H2,1H3. The lowest BCUT2D eigenvalue weighted by Crippen LogP contribution is -2.37. The van der Waals surface area contributed by atoms with E-state index in [1.807, 2.05) is 11.9 Å². The Bertz CT molecular complexity index is 215. The van der Waals surface area contributed by atoms with Crippen LogP contribution in [0.3, 0.4) is 0 Å². The lowest BCUT2D eigenvalue weighted by atomic mass is 10.1. The molecule has 1 unspecified atom stereocenters. The summed E-state index contributed by atoms with van der Waals surface area (Å²) >= 11 is 0. The third-order valence-corrected chi connectivity index (χ3v) is 3.27. The highest BCUT2D eigenvalue weighted by Gasteiger charge is 2.18. The molecule has 1 fully saturated rings. The van der Waals surface area contributed by atoms with E-state index >= 15 is 0 Å². The number of ether oxygens (including phenoxy) is 1. The fraction of sp³-hybridized carbons (Fsp3) is 0.923. The number of amides is 1. The molecule has 2 N–H and O–H groups in total. The summed E-state index contributed by atoms with van der Waals surface area (Å²) in [6, 6.07) is 0. The lowest BCUT2D eigenvalue weighted by molar-refractivity contribution is -0.132. The van der Waals surface area contributed by atoms with Gasteiger partial charge in [-0.3, -0.25) is 4.79 Å². The molecule has 0 aliphatic carbocycles. The van der Waals surface area contributed by atoms with Crippen LogP contribution in [0.2, 0.25) is 0 Å². The van der Waals surface area contributed by atoms with Crippen LogP contribution in [0.5, 0.6) is 0 Å². The predicted molar refractivity (Wildman–Crippen MR) is 68.8 cm³/mol. The predicted octanol–water partition coefficient (Wildman–Crippen LogP) is 1.53. The van der Waals surface area contributed by atoms with E-state index in [2.05, 4.69) is 0 Å². The quantitative estimate of drug-likeness (QED) is 0.689. The molecule has 100 valence electrons. The Labute approximate surface area is 104 Å². The molecule has 0 saturated carbocycles. The Morgan fingerprint density at radius 2 is 2.18 bits per heavy atom. The molecule has 17 heavy (non-hydrogen) atoms. The van der Waals surface area contributed by atoms with Gasteiger partial charge in [0, 0.05) is 26.6 Å². The van der Waals surface area contributed by atoms with Crippen molar-refractivity contribution in [3.05, 3.63) is 0 Å². The van der Waals surface area contributed by atoms with Gasteiger partial charge in [0.15, 0.2) is 0 Å². The molecule has 1 amide bonds. The van der Waals surface area contributed by atoms with Crippen LogP contribution < -0.4 is 5.73 Å². The van der Waals surface area contributed by atoms with Crippen molar-refractivity contribution in [3.8, 4) is 0 Å². The molecule has 4 nitrogen and oxygen atoms in total. The van der Waals surface area contributed by atoms with Crippen LogP contribution >= 0.6 is 0 Å². The van der Waals surface area contributed by atoms with Gasteiger partial charge in [-0.25, -0.2) is 0 Å². The molecule has 0 aromatic rings. The van der Waals surface area contributed by atoms with Gasteiger partial charge in [0.25, 0.3) is 0 Å². The van der Waals surface area contributed by atoms with Gasteiger partial charge in [-0.2, -0.15) is 0 Å². The van der Waals surface area contributed by atoms with Crippen molar-refractivity contribution in [2.24, 2.45) is 5.73 Å². The molecular formula is C13H26N2O2. The monoisotopic (exact) mass is 242 g/mol. The summed E-state index contributed by atoms with van der Waals surface area (Å²) in [7, 11) is 1.88. The third-order valence-electron chi connectivity index (χ3n) is 3.27. The summed E-state index contributed by atoms with van der Waals surface area (Å²) in [6.45, 7) is 2.32. The molecule has 0 radical (unpaired) electrons. The fourth-order valence-corrected chi connectivity index (χ4v) is 2.15. The zero-order valence-corrected chi connectivity index (χ0v) is 11.0. The number of likely N-dealkylation sites (N-methyl/N-ethyl adjacent to an activating group) is 1. The topological polar surface area (TPSA) is 55.6 Å². The highest BCUT2D eigenvalue weighted by atomic mass is 16.5. The molecule has 1 atom stereocenters. The first-order valence-electron chi connectivity index (χ1n) is 6.79. The van der Waals surface area contributed by atoms with Crippen LogP contribution in [0, 0.1) is 0 Å². The molecule has 1 aliphatic heterocycles. The van der Waals surface area contributed by atoms with Crippen LogP contribution in [0.1, 0.15) is 44.9 Å². The van der Waals surface area contributed by atoms with Crippen LogP contribution in [-0.2, 0) is 9.53 Å². The van der Waals surface area contributed by atoms with Crippen molar-refractivity contribution in [1.82, 2.24) is 4.90 Å². The number of nitrogens with zero attached hydrogens (tertiary/aromatic N) is 1. The smallest absolute Gasteiger partial charge is 0.222 e. The summed E-state index contributed by atoms with van der Waals surface area (Å²) in [5.41, 5.74) is 5.42. The van der Waals surface area contributed by atoms with Gasteiger partial charge in [-0.1, -0.05) is 6.42 Å². The van der Waals surface area contributed by atoms with E-state index < -0.39 is 0 Å². The van der Waals surface area contributed by atoms with Crippen LogP contribution in [0.15, 0.2) is 0 Å². The summed E-state index contributed by atoms with van der Waals surface area (Å²) < 4.78 is 5.63. The van der Waals surface area contributed by atoms with Crippen molar-refractivity contribution in [1.29, 1.82) is 0 Å². The van der Waals surface area contributed by atoms with E-state index in [1.165, 1.54) is 6.42 Å². The maximum absolute atomic E-state index is 11.8. The van der Waals surface area contributed by atoms with Crippen molar-refractivity contribution >= 4 is 5.91 Å². The van der Waals surface area contributed by atoms with Crippen LogP contribution in [-0.4, -0.2) is 43.7 Å². The SMILES string of the molecule is CN(CC1CCCCO1)C(=O)CCCCCN. The van der Waals surface area contributed by atoms with E-state index in [0.29, 0.717) is 6.42 Å². The van der Waals surface area contributed by atoms with Crippen molar-refractivity contribution < 1.29 is 9.53 Å². The van der Waals surface area contributed by atoms with Gasteiger partial charge in [0.05, 0.1) is 6.10 Å². The minimum absolute atomic E-state index is 0.233. The molecule has 0 spiro atoms. The van der Waals surface area contributed by atoms with Gasteiger partial charge in [-0.15, -0.1) is 0 Å². The largest absolute Gasteiger partial charge is 0.376 e. The zero-order valence-electron chi connectivity index (χ0n) is 11.0. The van der Waals surface area contributed by atoms with Crippen molar-refractivity contribution in [2.45, 2.75) is 51.0 Å². The summed E-state index contributed by atoms with van der Waals surface area (Å²) in [5, 5.41) is 0. The van der Waals surface area contributed by atoms with E-state index in [0.717, 1.165) is 51.8 Å². The van der Waals surface area contributed by atoms with Crippen LogP contribution in [0.25, 0.3) is 0 Å². The maximum Gasteiger partial charge on any atom is 0.222 e. The lowest BCUT2D eigenvalue weighted by Gasteiger charge is -2.27. The Morgan fingerprint density at radius 1 is 1.35 bits per heavy atom. The second kappa shape index (κ2) is 8.48. The average molecular weight is 242 g/mol. The average Bonchev–Trinajstić information content (AvgIpc) is 2.35. The number of hydrogen-bond donors (Lipinski definition) is 1. The van der Waals surface area contributed by atoms with Crippen molar-refractivity contribution in [2.75, 3.05) is 26.7 Å². The number of hydrogen-bond acceptors (Lipinski definition) is 3. The highest BCUT2D eigenvalue weighted by molar-refractivity contribution is 5.75. The Balaban J connectivity index is 2.12. The molecule has 1 rings (SSSR count). The molecule has 0 aromatic heterocycles. The number of rotatable bonds is 7.